The zero-order valence-corrected chi connectivity index (χ0v) is 11.9. The first-order valence-corrected chi connectivity index (χ1v) is 7.98. The van der Waals surface area contributed by atoms with Crippen molar-refractivity contribution in [1.29, 1.82) is 0 Å². The average molecular weight is 287 g/mol. The Morgan fingerprint density at radius 1 is 1.20 bits per heavy atom. The normalized spacial score (nSPS) is 18.6. The third kappa shape index (κ3) is 2.55. The van der Waals surface area contributed by atoms with Crippen LogP contribution in [0.3, 0.4) is 0 Å². The summed E-state index contributed by atoms with van der Waals surface area (Å²) >= 11 is 0. The maximum Gasteiger partial charge on any atom is 0.259 e. The fraction of sp³-hybridized carbons (Fsp3) is 0.200. The Balaban J connectivity index is 2.11. The van der Waals surface area contributed by atoms with Crippen molar-refractivity contribution in [2.75, 3.05) is 6.54 Å². The second-order valence-electron chi connectivity index (χ2n) is 4.71. The molecule has 1 atom stereocenters. The Labute approximate surface area is 119 Å². The van der Waals surface area contributed by atoms with Gasteiger partial charge in [0.25, 0.3) is 5.56 Å². The summed E-state index contributed by atoms with van der Waals surface area (Å²) < 4.78 is 0.854. The van der Waals surface area contributed by atoms with E-state index >= 15 is 0 Å². The summed E-state index contributed by atoms with van der Waals surface area (Å²) in [5, 5.41) is 5.02. The molecule has 0 amide bonds. The van der Waals surface area contributed by atoms with Crippen molar-refractivity contribution in [3.8, 4) is 0 Å². The largest absolute Gasteiger partial charge is 0.336 e. The lowest BCUT2D eigenvalue weighted by Crippen LogP contribution is -2.07. The van der Waals surface area contributed by atoms with Crippen molar-refractivity contribution >= 4 is 21.4 Å². The van der Waals surface area contributed by atoms with Gasteiger partial charge in [-0.15, -0.1) is 0 Å². The fourth-order valence-electron chi connectivity index (χ4n) is 2.21. The van der Waals surface area contributed by atoms with Gasteiger partial charge in [0.2, 0.25) is 0 Å². The minimum atomic E-state index is -0.185. The molecule has 0 bridgehead atoms. The molecule has 1 aliphatic heterocycles. The van der Waals surface area contributed by atoms with Crippen LogP contribution in [0.1, 0.15) is 12.8 Å². The quantitative estimate of drug-likeness (QED) is 0.759. The highest BCUT2D eigenvalue weighted by Crippen LogP contribution is 2.30. The number of aromatic nitrogens is 2. The van der Waals surface area contributed by atoms with Gasteiger partial charge in [0.15, 0.2) is 0 Å². The van der Waals surface area contributed by atoms with Crippen LogP contribution >= 0.6 is 10.5 Å². The van der Waals surface area contributed by atoms with Crippen molar-refractivity contribution in [1.82, 2.24) is 9.97 Å². The monoisotopic (exact) mass is 287 g/mol. The minimum Gasteiger partial charge on any atom is -0.336 e. The van der Waals surface area contributed by atoms with Gasteiger partial charge in [0, 0.05) is 0 Å². The first-order valence-electron chi connectivity index (χ1n) is 6.63. The van der Waals surface area contributed by atoms with Gasteiger partial charge in [-0.05, 0) is 47.9 Å². The van der Waals surface area contributed by atoms with Gasteiger partial charge >= 0.3 is 0 Å². The van der Waals surface area contributed by atoms with Gasteiger partial charge in [-0.25, -0.2) is 0 Å². The molecular weight excluding hydrogens is 270 g/mol. The number of hydrogen-bond donors (Lipinski definition) is 3. The van der Waals surface area contributed by atoms with Gasteiger partial charge < -0.3 is 15.7 Å². The molecule has 4 nitrogen and oxygen atoms in total. The zero-order chi connectivity index (χ0) is 13.9. The van der Waals surface area contributed by atoms with Crippen LogP contribution in [-0.2, 0) is 0 Å². The van der Waals surface area contributed by atoms with Crippen LogP contribution < -0.4 is 11.3 Å². The average Bonchev–Trinajstić information content (AvgIpc) is 2.94. The van der Waals surface area contributed by atoms with E-state index in [0.29, 0.717) is 11.9 Å². The second-order valence-corrected chi connectivity index (χ2v) is 6.37. The SMILES string of the molecule is NCCCC1=CS(=c2[nH]c(=O)c3ccccc3[nH]2)C=C1. The molecule has 0 fully saturated rings. The number of allylic oxidation sites excluding steroid dienone is 2. The van der Waals surface area contributed by atoms with E-state index in [-0.39, 0.29) is 16.0 Å². The molecule has 0 saturated carbocycles. The second kappa shape index (κ2) is 5.64. The maximum atomic E-state index is 12.1. The van der Waals surface area contributed by atoms with E-state index in [1.807, 2.05) is 24.3 Å². The Kier molecular flexibility index (Phi) is 3.71. The third-order valence-electron chi connectivity index (χ3n) is 3.26. The number of nitrogens with two attached hydrogens (primary N) is 1. The fourth-order valence-corrected chi connectivity index (χ4v) is 3.82. The zero-order valence-electron chi connectivity index (χ0n) is 11.1. The first-order chi connectivity index (χ1) is 9.78. The summed E-state index contributed by atoms with van der Waals surface area (Å²) in [7, 11) is -0.185. The standard InChI is InChI=1S/C15H17N3OS/c16-8-3-4-11-7-9-20(10-11)15-17-13-6-2-1-5-12(13)14(19)18-15/h1-2,5-7,9-10,17H,3-4,8,16H2,(H,18,19). The van der Waals surface area contributed by atoms with Gasteiger partial charge in [0.1, 0.15) is 4.77 Å². The summed E-state index contributed by atoms with van der Waals surface area (Å²) in [6, 6.07) is 7.55. The van der Waals surface area contributed by atoms with Crippen molar-refractivity contribution in [2.45, 2.75) is 12.8 Å². The van der Waals surface area contributed by atoms with Crippen molar-refractivity contribution < 1.29 is 0 Å². The molecule has 20 heavy (non-hydrogen) atoms. The number of H-pyrrole nitrogens is 2. The Hall–Kier alpha value is -1.85. The van der Waals surface area contributed by atoms with Crippen LogP contribution in [0.5, 0.6) is 0 Å². The van der Waals surface area contributed by atoms with Crippen LogP contribution in [-0.4, -0.2) is 16.5 Å². The summed E-state index contributed by atoms with van der Waals surface area (Å²) in [5.74, 6) is 0. The van der Waals surface area contributed by atoms with Crippen LogP contribution in [0, 0.1) is 4.77 Å². The molecule has 2 heterocycles. The number of fused-ring (bicyclic) bond motifs is 1. The summed E-state index contributed by atoms with van der Waals surface area (Å²) in [4.78, 5) is 18.3. The molecule has 5 heteroatoms. The third-order valence-corrected chi connectivity index (χ3v) is 4.92. The highest BCUT2D eigenvalue weighted by Gasteiger charge is 2.04. The van der Waals surface area contributed by atoms with E-state index in [9.17, 15) is 4.79 Å². The predicted octanol–water partition coefficient (Wildman–Crippen LogP) is 2.81. The molecule has 2 aromatic rings. The number of benzene rings is 1. The van der Waals surface area contributed by atoms with E-state index < -0.39 is 0 Å². The molecule has 1 unspecified atom stereocenters. The molecular formula is C15H17N3OS. The van der Waals surface area contributed by atoms with Crippen molar-refractivity contribution in [3.05, 3.63) is 61.9 Å². The number of hydrogen-bond acceptors (Lipinski definition) is 2. The first kappa shape index (κ1) is 13.1. The number of rotatable bonds is 3. The maximum absolute atomic E-state index is 12.1. The number of aromatic amines is 2. The van der Waals surface area contributed by atoms with Crippen LogP contribution in [0.15, 0.2) is 51.5 Å². The topological polar surface area (TPSA) is 74.7 Å². The molecule has 1 aromatic heterocycles. The van der Waals surface area contributed by atoms with Gasteiger partial charge in [-0.3, -0.25) is 4.79 Å². The van der Waals surface area contributed by atoms with Gasteiger partial charge in [-0.1, -0.05) is 28.7 Å². The highest BCUT2D eigenvalue weighted by molar-refractivity contribution is 8.14. The van der Waals surface area contributed by atoms with Crippen molar-refractivity contribution in [3.63, 3.8) is 0 Å². The van der Waals surface area contributed by atoms with E-state index in [1.54, 1.807) is 0 Å². The molecule has 0 aliphatic carbocycles. The van der Waals surface area contributed by atoms with Crippen molar-refractivity contribution in [2.24, 2.45) is 5.73 Å². The Bertz CT molecular complexity index is 827. The molecule has 4 N–H and O–H groups in total. The van der Waals surface area contributed by atoms with Gasteiger partial charge in [0.05, 0.1) is 10.9 Å². The minimum absolute atomic E-state index is 0.0425. The smallest absolute Gasteiger partial charge is 0.259 e. The molecule has 104 valence electrons. The predicted molar refractivity (Wildman–Crippen MR) is 85.3 cm³/mol. The molecule has 0 saturated heterocycles. The molecule has 3 rings (SSSR count). The molecule has 1 aromatic carbocycles. The highest BCUT2D eigenvalue weighted by atomic mass is 32.2. The lowest BCUT2D eigenvalue weighted by atomic mass is 10.2. The van der Waals surface area contributed by atoms with E-state index in [1.165, 1.54) is 5.57 Å². The van der Waals surface area contributed by atoms with Crippen LogP contribution in [0.25, 0.3) is 10.9 Å². The molecule has 0 spiro atoms. The number of para-hydroxylation sites is 1. The van der Waals surface area contributed by atoms with E-state index in [2.05, 4.69) is 26.9 Å². The summed E-state index contributed by atoms with van der Waals surface area (Å²) in [5.41, 5.74) is 7.65. The molecule has 0 radical (unpaired) electrons. The van der Waals surface area contributed by atoms with Crippen LogP contribution in [0.4, 0.5) is 0 Å². The van der Waals surface area contributed by atoms with Gasteiger partial charge in [-0.2, -0.15) is 0 Å². The van der Waals surface area contributed by atoms with Crippen LogP contribution in [0.2, 0.25) is 0 Å². The lowest BCUT2D eigenvalue weighted by Gasteiger charge is -2.00. The van der Waals surface area contributed by atoms with E-state index in [0.717, 1.165) is 23.1 Å². The van der Waals surface area contributed by atoms with E-state index in [4.69, 9.17) is 5.73 Å². The number of nitrogens with one attached hydrogen (secondary N) is 2. The Morgan fingerprint density at radius 2 is 2.05 bits per heavy atom. The lowest BCUT2D eigenvalue weighted by molar-refractivity contribution is 0.838. The summed E-state index contributed by atoms with van der Waals surface area (Å²) in [6.45, 7) is 0.706. The summed E-state index contributed by atoms with van der Waals surface area (Å²) in [6.07, 6.45) is 4.11. The molecule has 1 aliphatic rings. The Morgan fingerprint density at radius 3 is 2.90 bits per heavy atom.